The lowest BCUT2D eigenvalue weighted by Gasteiger charge is -2.37. The minimum atomic E-state index is -4.49. The van der Waals surface area contributed by atoms with Gasteiger partial charge in [0.1, 0.15) is 5.82 Å². The van der Waals surface area contributed by atoms with Gasteiger partial charge in [-0.15, -0.1) is 0 Å². The maximum absolute atomic E-state index is 12.7. The number of imide groups is 1. The molecule has 0 unspecified atom stereocenters. The summed E-state index contributed by atoms with van der Waals surface area (Å²) >= 11 is 5.97. The van der Waals surface area contributed by atoms with Gasteiger partial charge in [0.15, 0.2) is 0 Å². The first-order valence-corrected chi connectivity index (χ1v) is 8.08. The van der Waals surface area contributed by atoms with E-state index >= 15 is 0 Å². The number of aromatic nitrogens is 1. The number of anilines is 1. The maximum Gasteiger partial charge on any atom is 0.417 e. The number of amides is 2. The molecule has 0 radical (unpaired) electrons. The van der Waals surface area contributed by atoms with Crippen molar-refractivity contribution in [3.8, 4) is 0 Å². The van der Waals surface area contributed by atoms with E-state index in [1.165, 1.54) is 7.05 Å². The number of hydrogen-bond acceptors (Lipinski definition) is 5. The van der Waals surface area contributed by atoms with Crippen LogP contribution < -0.4 is 4.90 Å². The maximum atomic E-state index is 12.7. The summed E-state index contributed by atoms with van der Waals surface area (Å²) in [7, 11) is 1.47. The summed E-state index contributed by atoms with van der Waals surface area (Å²) in [6, 6.07) is 0.403. The summed E-state index contributed by atoms with van der Waals surface area (Å²) < 4.78 is 38.1. The number of hydrogen-bond donors (Lipinski definition) is 0. The Morgan fingerprint density at radius 3 is 2.32 bits per heavy atom. The first-order valence-electron chi connectivity index (χ1n) is 7.70. The highest BCUT2D eigenvalue weighted by Crippen LogP contribution is 2.34. The lowest BCUT2D eigenvalue weighted by atomic mass is 10.1. The number of likely N-dealkylation sites (tertiary alicyclic amines) is 1. The summed E-state index contributed by atoms with van der Waals surface area (Å²) in [5.41, 5.74) is -0.891. The number of pyridine rings is 1. The molecule has 3 rings (SSSR count). The second-order valence-electron chi connectivity index (χ2n) is 6.06. The normalized spacial score (nSPS) is 22.8. The standard InChI is InChI=1S/C15H16ClF3N4O2/c1-21-12(24)7-11(14(21)25)22-2-4-23(5-3-22)13-10(16)6-9(8-20-13)15(17,18)19/h6,8,11H,2-5,7H2,1H3/t11-/m1/s1. The third-order valence-electron chi connectivity index (χ3n) is 4.56. The van der Waals surface area contributed by atoms with Crippen molar-refractivity contribution >= 4 is 29.2 Å². The van der Waals surface area contributed by atoms with Crippen LogP contribution in [0.5, 0.6) is 0 Å². The second kappa shape index (κ2) is 6.45. The van der Waals surface area contributed by atoms with Crippen LogP contribution in [0.15, 0.2) is 12.3 Å². The van der Waals surface area contributed by atoms with Gasteiger partial charge in [-0.3, -0.25) is 19.4 Å². The van der Waals surface area contributed by atoms with Crippen LogP contribution in [0.3, 0.4) is 0 Å². The average Bonchev–Trinajstić information content (AvgIpc) is 2.82. The van der Waals surface area contributed by atoms with Gasteiger partial charge in [0.05, 0.1) is 23.0 Å². The van der Waals surface area contributed by atoms with Crippen LogP contribution in [0.2, 0.25) is 5.02 Å². The molecule has 1 atom stereocenters. The summed E-state index contributed by atoms with van der Waals surface area (Å²) in [5.74, 6) is -0.130. The lowest BCUT2D eigenvalue weighted by molar-refractivity contribution is -0.139. The predicted octanol–water partition coefficient (Wildman–Crippen LogP) is 1.63. The Kier molecular flexibility index (Phi) is 4.63. The van der Waals surface area contributed by atoms with Crippen molar-refractivity contribution in [1.82, 2.24) is 14.8 Å². The van der Waals surface area contributed by atoms with Crippen molar-refractivity contribution in [2.45, 2.75) is 18.6 Å². The molecular formula is C15H16ClF3N4O2. The van der Waals surface area contributed by atoms with Crippen molar-refractivity contribution in [3.63, 3.8) is 0 Å². The van der Waals surface area contributed by atoms with E-state index in [4.69, 9.17) is 11.6 Å². The fourth-order valence-electron chi connectivity index (χ4n) is 3.09. The van der Waals surface area contributed by atoms with Gasteiger partial charge in [0, 0.05) is 39.4 Å². The van der Waals surface area contributed by atoms with Crippen molar-refractivity contribution < 1.29 is 22.8 Å². The molecular weight excluding hydrogens is 361 g/mol. The van der Waals surface area contributed by atoms with Crippen LogP contribution in [0.1, 0.15) is 12.0 Å². The predicted molar refractivity (Wildman–Crippen MR) is 84.2 cm³/mol. The first kappa shape index (κ1) is 17.9. The van der Waals surface area contributed by atoms with Gasteiger partial charge in [-0.1, -0.05) is 11.6 Å². The number of carbonyl (C=O) groups excluding carboxylic acids is 2. The minimum absolute atomic E-state index is 0.0601. The number of nitrogens with zero attached hydrogens (tertiary/aromatic N) is 4. The summed E-state index contributed by atoms with van der Waals surface area (Å²) in [6.45, 7) is 1.91. The first-order chi connectivity index (χ1) is 11.7. The van der Waals surface area contributed by atoms with E-state index in [9.17, 15) is 22.8 Å². The quantitative estimate of drug-likeness (QED) is 0.734. The smallest absolute Gasteiger partial charge is 0.353 e. The van der Waals surface area contributed by atoms with E-state index in [0.29, 0.717) is 32.0 Å². The van der Waals surface area contributed by atoms with Gasteiger partial charge in [-0.25, -0.2) is 4.98 Å². The highest BCUT2D eigenvalue weighted by atomic mass is 35.5. The van der Waals surface area contributed by atoms with Crippen molar-refractivity contribution in [2.75, 3.05) is 38.1 Å². The van der Waals surface area contributed by atoms with Crippen molar-refractivity contribution in [3.05, 3.63) is 22.8 Å². The molecule has 0 aromatic carbocycles. The monoisotopic (exact) mass is 376 g/mol. The molecule has 25 heavy (non-hydrogen) atoms. The van der Waals surface area contributed by atoms with Crippen molar-refractivity contribution in [2.24, 2.45) is 0 Å². The number of rotatable bonds is 2. The highest BCUT2D eigenvalue weighted by Gasteiger charge is 2.41. The molecule has 10 heteroatoms. The van der Waals surface area contributed by atoms with Gasteiger partial charge in [0.25, 0.3) is 0 Å². The third kappa shape index (κ3) is 3.43. The Morgan fingerprint density at radius 1 is 1.20 bits per heavy atom. The van der Waals surface area contributed by atoms with E-state index in [-0.39, 0.29) is 23.3 Å². The fraction of sp³-hybridized carbons (Fsp3) is 0.533. The van der Waals surface area contributed by atoms with E-state index < -0.39 is 17.8 Å². The molecule has 136 valence electrons. The Bertz CT molecular complexity index is 705. The molecule has 0 spiro atoms. The number of carbonyl (C=O) groups is 2. The molecule has 2 fully saturated rings. The summed E-state index contributed by atoms with van der Waals surface area (Å²) in [4.78, 5) is 32.4. The Labute approximate surface area is 147 Å². The fourth-order valence-corrected chi connectivity index (χ4v) is 3.37. The van der Waals surface area contributed by atoms with Gasteiger partial charge in [-0.2, -0.15) is 13.2 Å². The topological polar surface area (TPSA) is 56.8 Å². The zero-order chi connectivity index (χ0) is 18.4. The molecule has 6 nitrogen and oxygen atoms in total. The van der Waals surface area contributed by atoms with Gasteiger partial charge in [0.2, 0.25) is 11.8 Å². The highest BCUT2D eigenvalue weighted by molar-refractivity contribution is 6.33. The molecule has 1 aromatic heterocycles. The Morgan fingerprint density at radius 2 is 1.84 bits per heavy atom. The van der Waals surface area contributed by atoms with Gasteiger partial charge >= 0.3 is 6.18 Å². The average molecular weight is 377 g/mol. The Hall–Kier alpha value is -1.87. The summed E-state index contributed by atoms with van der Waals surface area (Å²) in [5, 5.41) is -0.0601. The van der Waals surface area contributed by atoms with Crippen LogP contribution in [0.25, 0.3) is 0 Å². The molecule has 3 heterocycles. The molecule has 2 aliphatic heterocycles. The van der Waals surface area contributed by atoms with E-state index in [1.807, 2.05) is 4.90 Å². The van der Waals surface area contributed by atoms with Crippen LogP contribution in [0, 0.1) is 0 Å². The lowest BCUT2D eigenvalue weighted by Crippen LogP contribution is -2.52. The largest absolute Gasteiger partial charge is 0.417 e. The molecule has 1 aromatic rings. The molecule has 2 aliphatic rings. The molecule has 2 saturated heterocycles. The molecule has 0 aliphatic carbocycles. The van der Waals surface area contributed by atoms with Crippen LogP contribution >= 0.6 is 11.6 Å². The second-order valence-corrected chi connectivity index (χ2v) is 6.47. The SMILES string of the molecule is CN1C(=O)C[C@@H](N2CCN(c3ncc(C(F)(F)F)cc3Cl)CC2)C1=O. The third-order valence-corrected chi connectivity index (χ3v) is 4.84. The molecule has 0 bridgehead atoms. The van der Waals surface area contributed by atoms with Crippen molar-refractivity contribution in [1.29, 1.82) is 0 Å². The Balaban J connectivity index is 1.67. The number of piperazine rings is 1. The van der Waals surface area contributed by atoms with Gasteiger partial charge < -0.3 is 4.90 Å². The minimum Gasteiger partial charge on any atom is -0.353 e. The van der Waals surface area contributed by atoms with Crippen LogP contribution in [-0.2, 0) is 15.8 Å². The van der Waals surface area contributed by atoms with E-state index in [0.717, 1.165) is 17.2 Å². The van der Waals surface area contributed by atoms with Crippen LogP contribution in [-0.4, -0.2) is 65.9 Å². The van der Waals surface area contributed by atoms with Gasteiger partial charge in [-0.05, 0) is 6.07 Å². The van der Waals surface area contributed by atoms with E-state index in [2.05, 4.69) is 4.98 Å². The molecule has 0 N–H and O–H groups in total. The zero-order valence-corrected chi connectivity index (χ0v) is 14.1. The van der Waals surface area contributed by atoms with Crippen LogP contribution in [0.4, 0.5) is 19.0 Å². The molecule has 0 saturated carbocycles. The zero-order valence-electron chi connectivity index (χ0n) is 13.4. The van der Waals surface area contributed by atoms with E-state index in [1.54, 1.807) is 4.90 Å². The number of halogens is 4. The molecule has 2 amide bonds. The summed E-state index contributed by atoms with van der Waals surface area (Å²) in [6.07, 6.45) is -3.56. The number of likely N-dealkylation sites (N-methyl/N-ethyl adjacent to an activating group) is 1. The number of alkyl halides is 3.